The van der Waals surface area contributed by atoms with Gasteiger partial charge in [-0.2, -0.15) is 0 Å². The number of furan rings is 1. The van der Waals surface area contributed by atoms with Gasteiger partial charge in [-0.1, -0.05) is 144 Å². The second-order valence-corrected chi connectivity index (χ2v) is 23.9. The van der Waals surface area contributed by atoms with Gasteiger partial charge in [-0.25, -0.2) is 0 Å². The first kappa shape index (κ1) is 43.1. The molecular weight excluding hydrogens is 906 g/mol. The molecule has 1 saturated carbocycles. The van der Waals surface area contributed by atoms with Crippen LogP contribution in [0.5, 0.6) is 0 Å². The normalized spacial score (nSPS) is 18.9. The monoisotopic (exact) mass is 961 g/mol. The van der Waals surface area contributed by atoms with E-state index in [-0.39, 0.29) is 23.1 Å². The van der Waals surface area contributed by atoms with Crippen LogP contribution in [0.25, 0.3) is 53.2 Å². The van der Waals surface area contributed by atoms with Crippen molar-refractivity contribution in [2.75, 3.05) is 14.7 Å². The highest BCUT2D eigenvalue weighted by molar-refractivity contribution is 7.25. The van der Waals surface area contributed by atoms with E-state index in [4.69, 9.17) is 4.42 Å². The Bertz CT molecular complexity index is 4130. The minimum atomic E-state index is -0.102. The average Bonchev–Trinajstić information content (AvgIpc) is 4.04. The third-order valence-electron chi connectivity index (χ3n) is 17.8. The summed E-state index contributed by atoms with van der Waals surface area (Å²) >= 11 is 1.88. The van der Waals surface area contributed by atoms with Gasteiger partial charge in [0, 0.05) is 70.8 Å². The summed E-state index contributed by atoms with van der Waals surface area (Å²) < 4.78 is 9.25. The van der Waals surface area contributed by atoms with Gasteiger partial charge in [0.25, 0.3) is 6.71 Å². The molecule has 1 aliphatic carbocycles. The number of nitrogens with zero attached hydrogens (tertiary/aromatic N) is 3. The lowest BCUT2D eigenvalue weighted by Gasteiger charge is -2.50. The number of hydrogen-bond donors (Lipinski definition) is 0. The van der Waals surface area contributed by atoms with Gasteiger partial charge in [0.2, 0.25) is 0 Å². The minimum Gasteiger partial charge on any atom is -0.456 e. The molecule has 11 aromatic rings. The fourth-order valence-corrected chi connectivity index (χ4v) is 15.1. The zero-order valence-corrected chi connectivity index (χ0v) is 43.2. The Balaban J connectivity index is 1.03. The molecule has 4 aliphatic rings. The van der Waals surface area contributed by atoms with Crippen molar-refractivity contribution in [3.63, 3.8) is 0 Å². The molecular formula is C67H56BN3OS. The maximum absolute atomic E-state index is 6.62. The van der Waals surface area contributed by atoms with Gasteiger partial charge in [-0.3, -0.25) is 0 Å². The van der Waals surface area contributed by atoms with Crippen molar-refractivity contribution in [1.29, 1.82) is 0 Å². The highest BCUT2D eigenvalue weighted by Gasteiger charge is 2.58. The van der Waals surface area contributed by atoms with Crippen molar-refractivity contribution < 1.29 is 4.42 Å². The summed E-state index contributed by atoms with van der Waals surface area (Å²) in [4.78, 5) is 7.97. The van der Waals surface area contributed by atoms with Crippen molar-refractivity contribution in [2.24, 2.45) is 0 Å². The smallest absolute Gasteiger partial charge is 0.252 e. The zero-order chi connectivity index (χ0) is 49.1. The Labute approximate surface area is 432 Å². The van der Waals surface area contributed by atoms with Crippen LogP contribution in [0.3, 0.4) is 0 Å². The third kappa shape index (κ3) is 6.02. The maximum atomic E-state index is 6.62. The van der Waals surface area contributed by atoms with E-state index >= 15 is 0 Å². The Morgan fingerprint density at radius 1 is 0.521 bits per heavy atom. The van der Waals surface area contributed by atoms with Gasteiger partial charge in [-0.05, 0) is 155 Å². The summed E-state index contributed by atoms with van der Waals surface area (Å²) in [6, 6.07) is 69.2. The lowest BCUT2D eigenvalue weighted by molar-refractivity contribution is 0.195. The third-order valence-corrected chi connectivity index (χ3v) is 18.9. The van der Waals surface area contributed by atoms with Crippen molar-refractivity contribution in [3.05, 3.63) is 199 Å². The van der Waals surface area contributed by atoms with Crippen LogP contribution in [0.1, 0.15) is 77.0 Å². The first-order valence-corrected chi connectivity index (χ1v) is 27.1. The van der Waals surface area contributed by atoms with Gasteiger partial charge in [0.1, 0.15) is 11.2 Å². The van der Waals surface area contributed by atoms with E-state index in [0.717, 1.165) is 34.0 Å². The van der Waals surface area contributed by atoms with Crippen LogP contribution in [-0.2, 0) is 10.8 Å². The SMILES string of the molecule is Cc1cc2c3c(c1)N(c1cccc4oc5ccccc5c14)c1ccc(-c4ccccc4)cc1B3c1ccc(N3c4ccc(C(C)(C)C)cc4C4(C)CCCCC34C)cc1N2c1ccc2sc3ccccc3c2c1. The van der Waals surface area contributed by atoms with Crippen molar-refractivity contribution in [1.82, 2.24) is 0 Å². The molecule has 9 aromatic carbocycles. The van der Waals surface area contributed by atoms with Gasteiger partial charge in [0.05, 0.1) is 16.6 Å². The molecule has 0 saturated heterocycles. The second-order valence-electron chi connectivity index (χ2n) is 22.9. The summed E-state index contributed by atoms with van der Waals surface area (Å²) in [5.41, 5.74) is 22.0. The van der Waals surface area contributed by atoms with Crippen molar-refractivity contribution >= 4 is 122 Å². The molecule has 3 aliphatic heterocycles. The van der Waals surface area contributed by atoms with Crippen LogP contribution in [0.4, 0.5) is 45.5 Å². The molecule has 2 unspecified atom stereocenters. The average molecular weight is 962 g/mol. The quantitative estimate of drug-likeness (QED) is 0.164. The fraction of sp³-hybridized carbons (Fsp3) is 0.194. The van der Waals surface area contributed by atoms with E-state index in [1.807, 2.05) is 11.3 Å². The topological polar surface area (TPSA) is 22.9 Å². The number of aryl methyl sites for hydroxylation is 1. The number of para-hydroxylation sites is 1. The highest BCUT2D eigenvalue weighted by atomic mass is 32.1. The Morgan fingerprint density at radius 2 is 1.25 bits per heavy atom. The van der Waals surface area contributed by atoms with Gasteiger partial charge >= 0.3 is 0 Å². The van der Waals surface area contributed by atoms with E-state index < -0.39 is 0 Å². The van der Waals surface area contributed by atoms with Crippen LogP contribution in [0.2, 0.25) is 0 Å². The van der Waals surface area contributed by atoms with E-state index in [0.29, 0.717) is 0 Å². The molecule has 0 radical (unpaired) electrons. The summed E-state index contributed by atoms with van der Waals surface area (Å²) in [6.07, 6.45) is 4.81. The van der Waals surface area contributed by atoms with Gasteiger partial charge in [0.15, 0.2) is 0 Å². The van der Waals surface area contributed by atoms with Crippen LogP contribution in [0, 0.1) is 6.92 Å². The van der Waals surface area contributed by atoms with Crippen LogP contribution in [-0.4, -0.2) is 12.3 Å². The van der Waals surface area contributed by atoms with Crippen LogP contribution in [0.15, 0.2) is 186 Å². The zero-order valence-electron chi connectivity index (χ0n) is 42.4. The van der Waals surface area contributed by atoms with Gasteiger partial charge in [-0.15, -0.1) is 11.3 Å². The van der Waals surface area contributed by atoms with Crippen molar-refractivity contribution in [3.8, 4) is 11.1 Å². The molecule has 15 rings (SSSR count). The predicted molar refractivity (Wildman–Crippen MR) is 312 cm³/mol. The first-order chi connectivity index (χ1) is 35.5. The van der Waals surface area contributed by atoms with Gasteiger partial charge < -0.3 is 19.1 Å². The second kappa shape index (κ2) is 15.3. The van der Waals surface area contributed by atoms with Crippen LogP contribution < -0.4 is 31.1 Å². The van der Waals surface area contributed by atoms with E-state index in [1.54, 1.807) is 0 Å². The summed E-state index contributed by atoms with van der Waals surface area (Å²) in [5, 5.41) is 4.85. The molecule has 1 fully saturated rings. The highest BCUT2D eigenvalue weighted by Crippen LogP contribution is 2.62. The van der Waals surface area contributed by atoms with Crippen LogP contribution >= 0.6 is 11.3 Å². The lowest BCUT2D eigenvalue weighted by atomic mass is 9.33. The number of fused-ring (bicyclic) bond motifs is 13. The summed E-state index contributed by atoms with van der Waals surface area (Å²) in [7, 11) is 0. The van der Waals surface area contributed by atoms with E-state index in [9.17, 15) is 0 Å². The largest absolute Gasteiger partial charge is 0.456 e. The Kier molecular flexibility index (Phi) is 9.00. The molecule has 0 amide bonds. The molecule has 2 atom stereocenters. The molecule has 2 aromatic heterocycles. The molecule has 0 spiro atoms. The molecule has 5 heterocycles. The first-order valence-electron chi connectivity index (χ1n) is 26.3. The summed E-state index contributed by atoms with van der Waals surface area (Å²) in [5.74, 6) is 0. The number of hydrogen-bond acceptors (Lipinski definition) is 5. The minimum absolute atomic E-state index is 0.00383. The molecule has 0 N–H and O–H groups in total. The van der Waals surface area contributed by atoms with E-state index in [1.165, 1.54) is 123 Å². The fourth-order valence-electron chi connectivity index (χ4n) is 14.0. The predicted octanol–water partition coefficient (Wildman–Crippen LogP) is 17.1. The Hall–Kier alpha value is -7.54. The molecule has 6 heteroatoms. The molecule has 73 heavy (non-hydrogen) atoms. The Morgan fingerprint density at radius 3 is 2.10 bits per heavy atom. The molecule has 354 valence electrons. The number of benzene rings is 9. The maximum Gasteiger partial charge on any atom is 0.252 e. The van der Waals surface area contributed by atoms with Crippen molar-refractivity contribution in [2.45, 2.75) is 83.6 Å². The molecule has 4 nitrogen and oxygen atoms in total. The number of anilines is 8. The summed E-state index contributed by atoms with van der Waals surface area (Å²) in [6.45, 7) is 14.4. The number of rotatable bonds is 4. The standard InChI is InChI=1S/C67H56BN3OS/c1-41-35-57-64-58(36-41)70(55-21-16-23-60-63(55)48-20-10-12-22-59(48)72-60)54-30-25-43(42-17-8-7-9-18-42)37-52(54)68(64)51-29-27-46(40-56(51)69(57)45-28-32-62-49(39-45)47-19-11-13-24-61(47)73-62)71-53-31-26-44(65(2,3)4)38-50(53)66(5)33-14-15-34-67(66,71)6/h7-13,16-32,35-40H,14-15,33-34H2,1-6H3. The lowest BCUT2D eigenvalue weighted by Crippen LogP contribution is -2.61. The van der Waals surface area contributed by atoms with E-state index in [2.05, 4.69) is 238 Å². The molecule has 0 bridgehead atoms. The number of thiophene rings is 1.